The minimum absolute atomic E-state index is 0.549. The van der Waals surface area contributed by atoms with E-state index in [-0.39, 0.29) is 0 Å². The van der Waals surface area contributed by atoms with Crippen LogP contribution < -0.4 is 0 Å². The van der Waals surface area contributed by atoms with Crippen LogP contribution in [0.3, 0.4) is 0 Å². The van der Waals surface area contributed by atoms with E-state index in [4.69, 9.17) is 19.4 Å². The third-order valence-electron chi connectivity index (χ3n) is 12.4. The van der Waals surface area contributed by atoms with Crippen LogP contribution in [0.5, 0.6) is 0 Å². The van der Waals surface area contributed by atoms with E-state index in [0.717, 1.165) is 77.0 Å². The van der Waals surface area contributed by atoms with E-state index in [1.807, 2.05) is 12.1 Å². The summed E-state index contributed by atoms with van der Waals surface area (Å²) in [5, 5.41) is 11.5. The summed E-state index contributed by atoms with van der Waals surface area (Å²) < 4.78 is 9.30. The van der Waals surface area contributed by atoms with Gasteiger partial charge in [-0.3, -0.25) is 0 Å². The maximum Gasteiger partial charge on any atom is 0.167 e. The number of furan rings is 1. The molecule has 0 spiro atoms. The Morgan fingerprint density at radius 1 is 0.339 bits per heavy atom. The number of aromatic nitrogens is 4. The standard InChI is InChI=1S/C57H34N4O/c1-2-14-36(15-3-1)43-19-8-9-21-45(43)56-58-55(41-26-25-35-13-4-5-16-38(35)31-41)59-57(60-56)47-23-12-22-46-53-48-34-42(29-27-37(48)28-30-52(53)62-54(46)47)61-50-24-11-10-20-44(50)49-32-39-17-6-7-18-40(39)33-51(49)61/h1-34H. The van der Waals surface area contributed by atoms with Crippen molar-refractivity contribution in [3.05, 3.63) is 206 Å². The second-order valence-electron chi connectivity index (χ2n) is 16.0. The van der Waals surface area contributed by atoms with Gasteiger partial charge in [0, 0.05) is 38.4 Å². The van der Waals surface area contributed by atoms with Gasteiger partial charge in [-0.1, -0.05) is 158 Å². The van der Waals surface area contributed by atoms with Crippen LogP contribution in [0, 0.1) is 0 Å². The number of benzene rings is 10. The molecule has 0 saturated heterocycles. The number of para-hydroxylation sites is 2. The molecule has 0 unspecified atom stereocenters. The zero-order valence-corrected chi connectivity index (χ0v) is 33.3. The van der Waals surface area contributed by atoms with Gasteiger partial charge in [-0.05, 0) is 92.0 Å². The normalized spacial score (nSPS) is 11.9. The topological polar surface area (TPSA) is 56.7 Å². The van der Waals surface area contributed by atoms with Crippen molar-refractivity contribution in [1.29, 1.82) is 0 Å². The van der Waals surface area contributed by atoms with Gasteiger partial charge >= 0.3 is 0 Å². The van der Waals surface area contributed by atoms with Crippen LogP contribution in [-0.2, 0) is 0 Å². The number of nitrogens with zero attached hydrogens (tertiary/aromatic N) is 4. The Hall–Kier alpha value is -8.41. The van der Waals surface area contributed by atoms with Crippen molar-refractivity contribution >= 4 is 76.1 Å². The van der Waals surface area contributed by atoms with Crippen LogP contribution in [0.1, 0.15) is 0 Å². The third kappa shape index (κ3) is 5.38. The molecule has 5 heteroatoms. The molecule has 5 nitrogen and oxygen atoms in total. The molecule has 3 heterocycles. The molecule has 0 aliphatic carbocycles. The molecule has 288 valence electrons. The fourth-order valence-electron chi connectivity index (χ4n) is 9.47. The summed E-state index contributed by atoms with van der Waals surface area (Å²) in [5.41, 5.74) is 9.79. The van der Waals surface area contributed by atoms with E-state index < -0.39 is 0 Å². The number of fused-ring (bicyclic) bond motifs is 10. The van der Waals surface area contributed by atoms with Crippen molar-refractivity contribution < 1.29 is 4.42 Å². The SMILES string of the molecule is c1ccc(-c2ccccc2-c2nc(-c3ccc4ccccc4c3)nc(-c3cccc4c3oc3ccc5ccc(-n6c7ccccc7c7cc8ccccc8cc76)cc5c34)n2)cc1. The van der Waals surface area contributed by atoms with Gasteiger partial charge in [0.25, 0.3) is 0 Å². The largest absolute Gasteiger partial charge is 0.455 e. The molecule has 10 aromatic carbocycles. The summed E-state index contributed by atoms with van der Waals surface area (Å²) in [4.78, 5) is 15.7. The summed E-state index contributed by atoms with van der Waals surface area (Å²) in [5.74, 6) is 1.74. The molecule has 3 aromatic heterocycles. The first-order valence-electron chi connectivity index (χ1n) is 20.9. The van der Waals surface area contributed by atoms with Gasteiger partial charge in [-0.25, -0.2) is 15.0 Å². The summed E-state index contributed by atoms with van der Waals surface area (Å²) in [6.45, 7) is 0. The lowest BCUT2D eigenvalue weighted by Gasteiger charge is -2.12. The summed E-state index contributed by atoms with van der Waals surface area (Å²) >= 11 is 0. The molecule has 62 heavy (non-hydrogen) atoms. The highest BCUT2D eigenvalue weighted by molar-refractivity contribution is 6.21. The highest BCUT2D eigenvalue weighted by Gasteiger charge is 2.21. The third-order valence-corrected chi connectivity index (χ3v) is 12.4. The van der Waals surface area contributed by atoms with Gasteiger partial charge in [-0.2, -0.15) is 0 Å². The molecule has 13 rings (SSSR count). The van der Waals surface area contributed by atoms with Crippen LogP contribution in [0.2, 0.25) is 0 Å². The lowest BCUT2D eigenvalue weighted by atomic mass is 9.99. The Morgan fingerprint density at radius 2 is 0.968 bits per heavy atom. The van der Waals surface area contributed by atoms with Crippen molar-refractivity contribution in [2.24, 2.45) is 0 Å². The molecule has 0 amide bonds. The van der Waals surface area contributed by atoms with E-state index >= 15 is 0 Å². The summed E-state index contributed by atoms with van der Waals surface area (Å²) in [6, 6.07) is 72.8. The number of hydrogen-bond acceptors (Lipinski definition) is 4. The molecule has 0 radical (unpaired) electrons. The van der Waals surface area contributed by atoms with Gasteiger partial charge < -0.3 is 8.98 Å². The fourth-order valence-corrected chi connectivity index (χ4v) is 9.47. The Labute approximate surface area is 355 Å². The van der Waals surface area contributed by atoms with Gasteiger partial charge in [-0.15, -0.1) is 0 Å². The average molecular weight is 791 g/mol. The van der Waals surface area contributed by atoms with E-state index in [1.165, 1.54) is 32.6 Å². The van der Waals surface area contributed by atoms with Crippen LogP contribution in [0.15, 0.2) is 211 Å². The first-order valence-corrected chi connectivity index (χ1v) is 20.9. The lowest BCUT2D eigenvalue weighted by Crippen LogP contribution is -2.01. The van der Waals surface area contributed by atoms with E-state index in [1.54, 1.807) is 0 Å². The maximum absolute atomic E-state index is 6.90. The zero-order chi connectivity index (χ0) is 40.7. The predicted molar refractivity (Wildman–Crippen MR) is 256 cm³/mol. The fraction of sp³-hybridized carbons (Fsp3) is 0. The quantitative estimate of drug-likeness (QED) is 0.174. The average Bonchev–Trinajstić information content (AvgIpc) is 3.89. The first-order chi connectivity index (χ1) is 30.7. The van der Waals surface area contributed by atoms with Gasteiger partial charge in [0.2, 0.25) is 0 Å². The zero-order valence-electron chi connectivity index (χ0n) is 33.3. The van der Waals surface area contributed by atoms with Crippen LogP contribution >= 0.6 is 0 Å². The van der Waals surface area contributed by atoms with Crippen molar-refractivity contribution in [3.63, 3.8) is 0 Å². The Morgan fingerprint density at radius 3 is 1.82 bits per heavy atom. The molecule has 0 fully saturated rings. The van der Waals surface area contributed by atoms with E-state index in [9.17, 15) is 0 Å². The minimum Gasteiger partial charge on any atom is -0.455 e. The smallest absolute Gasteiger partial charge is 0.167 e. The molecular weight excluding hydrogens is 757 g/mol. The van der Waals surface area contributed by atoms with Gasteiger partial charge in [0.15, 0.2) is 17.5 Å². The molecule has 13 aromatic rings. The Balaban J connectivity index is 1.03. The van der Waals surface area contributed by atoms with Gasteiger partial charge in [0.05, 0.1) is 16.6 Å². The number of hydrogen-bond donors (Lipinski definition) is 0. The highest BCUT2D eigenvalue weighted by Crippen LogP contribution is 2.42. The highest BCUT2D eigenvalue weighted by atomic mass is 16.3. The summed E-state index contributed by atoms with van der Waals surface area (Å²) in [6.07, 6.45) is 0. The monoisotopic (exact) mass is 790 g/mol. The molecule has 0 bridgehead atoms. The van der Waals surface area contributed by atoms with Crippen molar-refractivity contribution in [3.8, 4) is 51.0 Å². The summed E-state index contributed by atoms with van der Waals surface area (Å²) in [7, 11) is 0. The van der Waals surface area contributed by atoms with Crippen molar-refractivity contribution in [1.82, 2.24) is 19.5 Å². The minimum atomic E-state index is 0.549. The maximum atomic E-state index is 6.90. The van der Waals surface area contributed by atoms with Gasteiger partial charge in [0.1, 0.15) is 11.2 Å². The van der Waals surface area contributed by atoms with Crippen molar-refractivity contribution in [2.45, 2.75) is 0 Å². The van der Waals surface area contributed by atoms with Crippen molar-refractivity contribution in [2.75, 3.05) is 0 Å². The van der Waals surface area contributed by atoms with E-state index in [0.29, 0.717) is 17.5 Å². The van der Waals surface area contributed by atoms with Crippen LogP contribution in [0.25, 0.3) is 127 Å². The van der Waals surface area contributed by atoms with Crippen LogP contribution in [-0.4, -0.2) is 19.5 Å². The molecule has 0 saturated carbocycles. The molecule has 0 N–H and O–H groups in total. The molecule has 0 atom stereocenters. The van der Waals surface area contributed by atoms with Crippen LogP contribution in [0.4, 0.5) is 0 Å². The first kappa shape index (κ1) is 34.5. The predicted octanol–water partition coefficient (Wildman–Crippen LogP) is 15.0. The Bertz CT molecular complexity index is 3940. The van der Waals surface area contributed by atoms with E-state index in [2.05, 4.69) is 199 Å². The Kier molecular flexibility index (Phi) is 7.54. The lowest BCUT2D eigenvalue weighted by molar-refractivity contribution is 0.670. The molecule has 0 aliphatic heterocycles. The second-order valence-corrected chi connectivity index (χ2v) is 16.0. The molecular formula is C57H34N4O. The number of rotatable bonds is 5. The molecule has 0 aliphatic rings. The second kappa shape index (κ2) is 13.6.